The van der Waals surface area contributed by atoms with Gasteiger partial charge in [0.2, 0.25) is 0 Å². The highest BCUT2D eigenvalue weighted by atomic mass is 32.1. The van der Waals surface area contributed by atoms with Crippen LogP contribution in [0.15, 0.2) is 45.3 Å². The SMILES string of the molecule is CCNC(=NCCc1cccs1)NCCc1ccco1. The predicted octanol–water partition coefficient (Wildman–Crippen LogP) is 2.68. The quantitative estimate of drug-likeness (QED) is 0.609. The lowest BCUT2D eigenvalue weighted by atomic mass is 10.3. The van der Waals surface area contributed by atoms with Gasteiger partial charge in [-0.1, -0.05) is 6.07 Å². The number of hydrogen-bond acceptors (Lipinski definition) is 3. The van der Waals surface area contributed by atoms with E-state index in [4.69, 9.17) is 4.42 Å². The molecule has 2 aromatic heterocycles. The standard InChI is InChI=1S/C15H21N3OS/c1-2-16-15(17-9-7-13-5-3-11-19-13)18-10-8-14-6-4-12-20-14/h3-6,11-12H,2,7-10H2,1H3,(H2,16,17,18). The summed E-state index contributed by atoms with van der Waals surface area (Å²) in [4.78, 5) is 5.95. The molecule has 108 valence electrons. The van der Waals surface area contributed by atoms with Crippen molar-refractivity contribution in [3.63, 3.8) is 0 Å². The Kier molecular flexibility index (Phi) is 6.17. The summed E-state index contributed by atoms with van der Waals surface area (Å²) in [5.41, 5.74) is 0. The first-order valence-corrected chi connectivity index (χ1v) is 7.83. The molecule has 2 rings (SSSR count). The Morgan fingerprint density at radius 1 is 1.25 bits per heavy atom. The molecule has 0 unspecified atom stereocenters. The van der Waals surface area contributed by atoms with Gasteiger partial charge in [-0.15, -0.1) is 11.3 Å². The molecule has 0 aromatic carbocycles. The predicted molar refractivity (Wildman–Crippen MR) is 84.4 cm³/mol. The van der Waals surface area contributed by atoms with Crippen LogP contribution in [0.3, 0.4) is 0 Å². The smallest absolute Gasteiger partial charge is 0.191 e. The number of guanidine groups is 1. The Morgan fingerprint density at radius 3 is 2.90 bits per heavy atom. The first kappa shape index (κ1) is 14.7. The number of thiophene rings is 1. The molecule has 20 heavy (non-hydrogen) atoms. The minimum absolute atomic E-state index is 0.802. The third-order valence-corrected chi connectivity index (χ3v) is 3.73. The van der Waals surface area contributed by atoms with E-state index in [1.54, 1.807) is 17.6 Å². The van der Waals surface area contributed by atoms with Gasteiger partial charge in [-0.2, -0.15) is 0 Å². The van der Waals surface area contributed by atoms with Crippen molar-refractivity contribution in [2.75, 3.05) is 19.6 Å². The van der Waals surface area contributed by atoms with Crippen LogP contribution in [-0.4, -0.2) is 25.6 Å². The maximum absolute atomic E-state index is 5.31. The van der Waals surface area contributed by atoms with Gasteiger partial charge >= 0.3 is 0 Å². The summed E-state index contributed by atoms with van der Waals surface area (Å²) in [6, 6.07) is 8.13. The highest BCUT2D eigenvalue weighted by Gasteiger charge is 1.99. The van der Waals surface area contributed by atoms with Gasteiger partial charge in [0, 0.05) is 37.4 Å². The molecule has 0 aliphatic heterocycles. The summed E-state index contributed by atoms with van der Waals surface area (Å²) in [6.45, 7) is 4.56. The van der Waals surface area contributed by atoms with Gasteiger partial charge < -0.3 is 15.1 Å². The summed E-state index contributed by atoms with van der Waals surface area (Å²) < 4.78 is 5.31. The maximum atomic E-state index is 5.31. The summed E-state index contributed by atoms with van der Waals surface area (Å²) in [6.07, 6.45) is 3.56. The number of hydrogen-bond donors (Lipinski definition) is 2. The highest BCUT2D eigenvalue weighted by molar-refractivity contribution is 7.09. The third-order valence-electron chi connectivity index (χ3n) is 2.80. The lowest BCUT2D eigenvalue weighted by molar-refractivity contribution is 0.507. The van der Waals surface area contributed by atoms with Gasteiger partial charge in [-0.05, 0) is 30.5 Å². The van der Waals surface area contributed by atoms with Crippen LogP contribution in [0.2, 0.25) is 0 Å². The second kappa shape index (κ2) is 8.43. The fourth-order valence-electron chi connectivity index (χ4n) is 1.83. The molecular formula is C15H21N3OS. The van der Waals surface area contributed by atoms with Crippen molar-refractivity contribution in [3.8, 4) is 0 Å². The molecule has 5 heteroatoms. The van der Waals surface area contributed by atoms with Crippen LogP contribution in [0.25, 0.3) is 0 Å². The van der Waals surface area contributed by atoms with Gasteiger partial charge in [-0.3, -0.25) is 4.99 Å². The molecule has 0 radical (unpaired) electrons. The number of aliphatic imine (C=N–C) groups is 1. The molecule has 0 fully saturated rings. The Morgan fingerprint density at radius 2 is 2.20 bits per heavy atom. The van der Waals surface area contributed by atoms with Crippen molar-refractivity contribution < 1.29 is 4.42 Å². The van der Waals surface area contributed by atoms with Crippen LogP contribution in [0, 0.1) is 0 Å². The molecule has 0 atom stereocenters. The largest absolute Gasteiger partial charge is 0.469 e. The zero-order chi connectivity index (χ0) is 14.0. The number of nitrogens with one attached hydrogen (secondary N) is 2. The molecule has 0 saturated carbocycles. The average molecular weight is 291 g/mol. The van der Waals surface area contributed by atoms with Crippen molar-refractivity contribution in [2.45, 2.75) is 19.8 Å². The summed E-state index contributed by atoms with van der Waals surface area (Å²) in [5, 5.41) is 8.68. The van der Waals surface area contributed by atoms with Crippen LogP contribution < -0.4 is 10.6 Å². The molecule has 0 saturated heterocycles. The van der Waals surface area contributed by atoms with Crippen LogP contribution in [0.4, 0.5) is 0 Å². The lowest BCUT2D eigenvalue weighted by Crippen LogP contribution is -2.38. The number of furan rings is 1. The highest BCUT2D eigenvalue weighted by Crippen LogP contribution is 2.08. The van der Waals surface area contributed by atoms with Crippen molar-refractivity contribution in [2.24, 2.45) is 4.99 Å². The van der Waals surface area contributed by atoms with E-state index in [1.807, 2.05) is 12.1 Å². The van der Waals surface area contributed by atoms with E-state index in [-0.39, 0.29) is 0 Å². The lowest BCUT2D eigenvalue weighted by Gasteiger charge is -2.10. The van der Waals surface area contributed by atoms with Crippen molar-refractivity contribution in [1.82, 2.24) is 10.6 Å². The first-order chi connectivity index (χ1) is 9.88. The van der Waals surface area contributed by atoms with Crippen molar-refractivity contribution in [3.05, 3.63) is 46.5 Å². The van der Waals surface area contributed by atoms with E-state index >= 15 is 0 Å². The third kappa shape index (κ3) is 5.09. The molecule has 4 nitrogen and oxygen atoms in total. The molecule has 2 aromatic rings. The molecule has 0 aliphatic carbocycles. The van der Waals surface area contributed by atoms with Gasteiger partial charge in [0.05, 0.1) is 6.26 Å². The van der Waals surface area contributed by atoms with Crippen molar-refractivity contribution in [1.29, 1.82) is 0 Å². The zero-order valence-electron chi connectivity index (χ0n) is 11.8. The molecule has 2 heterocycles. The minimum Gasteiger partial charge on any atom is -0.469 e. The van der Waals surface area contributed by atoms with E-state index in [0.29, 0.717) is 0 Å². The molecule has 0 spiro atoms. The summed E-state index contributed by atoms with van der Waals surface area (Å²) in [7, 11) is 0. The van der Waals surface area contributed by atoms with Gasteiger partial charge in [0.15, 0.2) is 5.96 Å². The molecule has 0 bridgehead atoms. The Bertz CT molecular complexity index is 491. The van der Waals surface area contributed by atoms with Gasteiger partial charge in [-0.25, -0.2) is 0 Å². The average Bonchev–Trinajstić information content (AvgIpc) is 3.11. The fraction of sp³-hybridized carbons (Fsp3) is 0.400. The van der Waals surface area contributed by atoms with Gasteiger partial charge in [0.1, 0.15) is 5.76 Å². The number of nitrogens with zero attached hydrogens (tertiary/aromatic N) is 1. The Labute approximate surface area is 123 Å². The van der Waals surface area contributed by atoms with Crippen LogP contribution in [-0.2, 0) is 12.8 Å². The maximum Gasteiger partial charge on any atom is 0.191 e. The monoisotopic (exact) mass is 291 g/mol. The van der Waals surface area contributed by atoms with E-state index in [0.717, 1.165) is 44.2 Å². The van der Waals surface area contributed by atoms with E-state index in [9.17, 15) is 0 Å². The van der Waals surface area contributed by atoms with Gasteiger partial charge in [0.25, 0.3) is 0 Å². The normalized spacial score (nSPS) is 11.6. The zero-order valence-corrected chi connectivity index (χ0v) is 12.6. The van der Waals surface area contributed by atoms with E-state index in [2.05, 4.69) is 40.1 Å². The Hall–Kier alpha value is -1.75. The topological polar surface area (TPSA) is 49.6 Å². The van der Waals surface area contributed by atoms with Crippen LogP contribution in [0.5, 0.6) is 0 Å². The second-order valence-electron chi connectivity index (χ2n) is 4.35. The number of rotatable bonds is 7. The summed E-state index contributed by atoms with van der Waals surface area (Å²) >= 11 is 1.78. The first-order valence-electron chi connectivity index (χ1n) is 6.95. The van der Waals surface area contributed by atoms with E-state index < -0.39 is 0 Å². The molecular weight excluding hydrogens is 270 g/mol. The molecule has 0 aliphatic rings. The molecule has 0 amide bonds. The van der Waals surface area contributed by atoms with Crippen LogP contribution >= 0.6 is 11.3 Å². The van der Waals surface area contributed by atoms with E-state index in [1.165, 1.54) is 4.88 Å². The fourth-order valence-corrected chi connectivity index (χ4v) is 2.53. The second-order valence-corrected chi connectivity index (χ2v) is 5.38. The molecule has 2 N–H and O–H groups in total. The van der Waals surface area contributed by atoms with Crippen LogP contribution in [0.1, 0.15) is 17.6 Å². The minimum atomic E-state index is 0.802. The Balaban J connectivity index is 1.73. The van der Waals surface area contributed by atoms with Crippen molar-refractivity contribution >= 4 is 17.3 Å². The summed E-state index contributed by atoms with van der Waals surface area (Å²) in [5.74, 6) is 1.86.